The van der Waals surface area contributed by atoms with E-state index in [2.05, 4.69) is 138 Å². The smallest absolute Gasteiger partial charge is 0.114 e. The fourth-order valence-electron chi connectivity index (χ4n) is 6.77. The first-order valence-electron chi connectivity index (χ1n) is 15.8. The van der Waals surface area contributed by atoms with Crippen LogP contribution in [-0.4, -0.2) is 20.0 Å². The number of pyridine rings is 1. The van der Waals surface area contributed by atoms with Gasteiger partial charge < -0.3 is 0 Å². The molecule has 0 atom stereocenters. The second-order valence-corrected chi connectivity index (χ2v) is 11.8. The van der Waals surface area contributed by atoms with Gasteiger partial charge >= 0.3 is 0 Å². The molecule has 0 spiro atoms. The molecule has 47 heavy (non-hydrogen) atoms. The predicted molar refractivity (Wildman–Crippen MR) is 193 cm³/mol. The van der Waals surface area contributed by atoms with Crippen LogP contribution in [0.3, 0.4) is 0 Å². The number of nitrogens with zero attached hydrogens (tertiary/aromatic N) is 4. The summed E-state index contributed by atoms with van der Waals surface area (Å²) in [6, 6.07) is 55.8. The van der Waals surface area contributed by atoms with Crippen molar-refractivity contribution in [3.8, 4) is 50.2 Å². The van der Waals surface area contributed by atoms with Crippen LogP contribution < -0.4 is 0 Å². The topological polar surface area (TPSA) is 43.6 Å². The summed E-state index contributed by atoms with van der Waals surface area (Å²) in [5.41, 5.74) is 12.0. The number of fused-ring (bicyclic) bond motifs is 3. The zero-order chi connectivity index (χ0) is 31.2. The van der Waals surface area contributed by atoms with Gasteiger partial charge in [-0.25, -0.2) is 0 Å². The van der Waals surface area contributed by atoms with Gasteiger partial charge in [-0.2, -0.15) is 4.80 Å². The maximum atomic E-state index is 4.90. The van der Waals surface area contributed by atoms with E-state index in [1.165, 1.54) is 43.8 Å². The van der Waals surface area contributed by atoms with Gasteiger partial charge in [0.1, 0.15) is 11.0 Å². The van der Waals surface area contributed by atoms with Crippen molar-refractivity contribution in [2.45, 2.75) is 0 Å². The Bertz CT molecular complexity index is 2510. The Kier molecular flexibility index (Phi) is 6.43. The van der Waals surface area contributed by atoms with Crippen LogP contribution in [0.4, 0.5) is 0 Å². The van der Waals surface area contributed by atoms with E-state index in [-0.39, 0.29) is 0 Å². The molecule has 0 aliphatic heterocycles. The van der Waals surface area contributed by atoms with E-state index in [1.54, 1.807) is 4.80 Å². The minimum Gasteiger partial charge on any atom is -0.265 e. The third-order valence-electron chi connectivity index (χ3n) is 8.95. The summed E-state index contributed by atoms with van der Waals surface area (Å²) in [5.74, 6) is 0. The third kappa shape index (κ3) is 4.75. The van der Waals surface area contributed by atoms with E-state index in [9.17, 15) is 0 Å². The molecular formula is C43H28N4. The first-order chi connectivity index (χ1) is 23.3. The summed E-state index contributed by atoms with van der Waals surface area (Å²) in [7, 11) is 0. The van der Waals surface area contributed by atoms with Crippen molar-refractivity contribution in [1.82, 2.24) is 20.0 Å². The fourth-order valence-corrected chi connectivity index (χ4v) is 6.77. The number of benzene rings is 7. The second-order valence-electron chi connectivity index (χ2n) is 11.8. The largest absolute Gasteiger partial charge is 0.265 e. The Hall–Kier alpha value is -6.39. The molecule has 0 N–H and O–H groups in total. The molecule has 220 valence electrons. The van der Waals surface area contributed by atoms with Gasteiger partial charge in [-0.05, 0) is 109 Å². The molecule has 0 aliphatic carbocycles. The average Bonchev–Trinajstić information content (AvgIpc) is 3.58. The van der Waals surface area contributed by atoms with Crippen molar-refractivity contribution in [3.05, 3.63) is 170 Å². The maximum absolute atomic E-state index is 4.90. The number of hydrogen-bond acceptors (Lipinski definition) is 3. The van der Waals surface area contributed by atoms with E-state index < -0.39 is 0 Å². The maximum Gasteiger partial charge on any atom is 0.114 e. The van der Waals surface area contributed by atoms with Crippen LogP contribution in [0.5, 0.6) is 0 Å². The molecule has 4 heteroatoms. The lowest BCUT2D eigenvalue weighted by atomic mass is 9.85. The van der Waals surface area contributed by atoms with E-state index in [1.807, 2.05) is 36.7 Å². The van der Waals surface area contributed by atoms with Crippen molar-refractivity contribution in [1.29, 1.82) is 0 Å². The molecule has 2 aromatic heterocycles. The van der Waals surface area contributed by atoms with Gasteiger partial charge in [0.05, 0.1) is 5.69 Å². The summed E-state index contributed by atoms with van der Waals surface area (Å²) in [4.78, 5) is 5.87. The van der Waals surface area contributed by atoms with E-state index in [4.69, 9.17) is 10.2 Å². The highest BCUT2D eigenvalue weighted by Gasteiger charge is 2.17. The molecule has 7 aromatic carbocycles. The summed E-state index contributed by atoms with van der Waals surface area (Å²) < 4.78 is 0. The molecule has 0 saturated carbocycles. The third-order valence-corrected chi connectivity index (χ3v) is 8.95. The molecular weight excluding hydrogens is 573 g/mol. The summed E-state index contributed by atoms with van der Waals surface area (Å²) >= 11 is 0. The van der Waals surface area contributed by atoms with Crippen molar-refractivity contribution >= 4 is 32.6 Å². The Balaban J connectivity index is 1.15. The monoisotopic (exact) mass is 600 g/mol. The van der Waals surface area contributed by atoms with E-state index >= 15 is 0 Å². The molecule has 0 aliphatic rings. The minimum atomic E-state index is 0.852. The fraction of sp³-hybridized carbons (Fsp3) is 0. The molecule has 9 rings (SSSR count). The Morgan fingerprint density at radius 3 is 1.57 bits per heavy atom. The Morgan fingerprint density at radius 2 is 0.872 bits per heavy atom. The molecule has 0 radical (unpaired) electrons. The van der Waals surface area contributed by atoms with E-state index in [0.717, 1.165) is 39.0 Å². The lowest BCUT2D eigenvalue weighted by Gasteiger charge is -2.18. The molecule has 9 aromatic rings. The van der Waals surface area contributed by atoms with Crippen molar-refractivity contribution < 1.29 is 0 Å². The van der Waals surface area contributed by atoms with Crippen molar-refractivity contribution in [3.63, 3.8) is 0 Å². The zero-order valence-electron chi connectivity index (χ0n) is 25.5. The summed E-state index contributed by atoms with van der Waals surface area (Å²) in [5, 5.41) is 14.7. The first kappa shape index (κ1) is 27.0. The number of hydrogen-bond donors (Lipinski definition) is 0. The van der Waals surface area contributed by atoms with Crippen LogP contribution in [0.2, 0.25) is 0 Å². The normalized spacial score (nSPS) is 11.4. The van der Waals surface area contributed by atoms with Crippen LogP contribution in [0.25, 0.3) is 82.8 Å². The van der Waals surface area contributed by atoms with Gasteiger partial charge in [-0.3, -0.25) is 4.98 Å². The van der Waals surface area contributed by atoms with Crippen LogP contribution in [0.15, 0.2) is 170 Å². The molecule has 0 bridgehead atoms. The summed E-state index contributed by atoms with van der Waals surface area (Å²) in [6.07, 6.45) is 3.62. The van der Waals surface area contributed by atoms with Crippen molar-refractivity contribution in [2.75, 3.05) is 0 Å². The van der Waals surface area contributed by atoms with Crippen LogP contribution in [0.1, 0.15) is 0 Å². The van der Waals surface area contributed by atoms with Gasteiger partial charge in [0, 0.05) is 12.4 Å². The zero-order valence-corrected chi connectivity index (χ0v) is 25.5. The van der Waals surface area contributed by atoms with Crippen LogP contribution in [0, 0.1) is 0 Å². The number of aromatic nitrogens is 4. The first-order valence-corrected chi connectivity index (χ1v) is 15.8. The van der Waals surface area contributed by atoms with Crippen LogP contribution >= 0.6 is 0 Å². The van der Waals surface area contributed by atoms with Gasteiger partial charge in [0.25, 0.3) is 0 Å². The lowest BCUT2D eigenvalue weighted by Crippen LogP contribution is -1.98. The molecule has 4 nitrogen and oxygen atoms in total. The predicted octanol–water partition coefficient (Wildman–Crippen LogP) is 10.8. The van der Waals surface area contributed by atoms with Crippen molar-refractivity contribution in [2.24, 2.45) is 0 Å². The van der Waals surface area contributed by atoms with Gasteiger partial charge in [-0.15, -0.1) is 10.2 Å². The minimum absolute atomic E-state index is 0.852. The Labute approximate surface area is 272 Å². The molecule has 0 amide bonds. The standard InChI is InChI=1S/C43H28N4/c1-2-10-30(11-3-1)42-36-16-4-6-18-38(36)43(39-19-7-5-17-37(39)42)34-14-8-12-31(26-34)33-20-21-40-41(28-33)46-47(45-40)35-15-9-13-32(27-35)29-22-24-44-25-23-29/h1-28H. The molecule has 2 heterocycles. The van der Waals surface area contributed by atoms with Gasteiger partial charge in [-0.1, -0.05) is 115 Å². The summed E-state index contributed by atoms with van der Waals surface area (Å²) in [6.45, 7) is 0. The van der Waals surface area contributed by atoms with Gasteiger partial charge in [0.15, 0.2) is 0 Å². The second kappa shape index (κ2) is 11.2. The van der Waals surface area contributed by atoms with Gasteiger partial charge in [0.2, 0.25) is 0 Å². The number of rotatable bonds is 5. The highest BCUT2D eigenvalue weighted by Crippen LogP contribution is 2.44. The average molecular weight is 601 g/mol. The molecule has 0 fully saturated rings. The molecule has 0 saturated heterocycles. The molecule has 0 unspecified atom stereocenters. The SMILES string of the molecule is c1ccc(-c2c3ccccc3c(-c3cccc(-c4ccc5nn(-c6cccc(-c7ccncc7)c6)nc5c4)c3)c3ccccc23)cc1. The lowest BCUT2D eigenvalue weighted by molar-refractivity contribution is 0.766. The highest BCUT2D eigenvalue weighted by molar-refractivity contribution is 6.21. The van der Waals surface area contributed by atoms with E-state index in [0.29, 0.717) is 0 Å². The van der Waals surface area contributed by atoms with Crippen LogP contribution in [-0.2, 0) is 0 Å². The Morgan fingerprint density at radius 1 is 0.340 bits per heavy atom. The highest BCUT2D eigenvalue weighted by atomic mass is 15.5. The quantitative estimate of drug-likeness (QED) is 0.185.